The van der Waals surface area contributed by atoms with Crippen molar-refractivity contribution in [2.45, 2.75) is 26.4 Å². The summed E-state index contributed by atoms with van der Waals surface area (Å²) in [4.78, 5) is 17.6. The van der Waals surface area contributed by atoms with Gasteiger partial charge in [0.25, 0.3) is 5.91 Å². The first-order valence-corrected chi connectivity index (χ1v) is 11.4. The lowest BCUT2D eigenvalue weighted by atomic mass is 10.0. The van der Waals surface area contributed by atoms with Crippen LogP contribution >= 0.6 is 11.3 Å². The maximum atomic E-state index is 12.9. The number of hydrogen-bond acceptors (Lipinski definition) is 4. The molecule has 0 spiro atoms. The number of benzene rings is 1. The third kappa shape index (κ3) is 5.16. The van der Waals surface area contributed by atoms with Crippen molar-refractivity contribution in [3.8, 4) is 0 Å². The summed E-state index contributed by atoms with van der Waals surface area (Å²) >= 11 is 1.75. The van der Waals surface area contributed by atoms with Crippen LogP contribution in [0.15, 0.2) is 52.4 Å². The van der Waals surface area contributed by atoms with Crippen molar-refractivity contribution in [1.82, 2.24) is 10.1 Å². The van der Waals surface area contributed by atoms with Gasteiger partial charge in [-0.2, -0.15) is 0 Å². The molecular formula is C23H30N4O2S+2. The molecule has 3 heterocycles. The van der Waals surface area contributed by atoms with Crippen LogP contribution in [0.2, 0.25) is 0 Å². The number of quaternary nitrogens is 2. The minimum atomic E-state index is 0.164. The molecule has 3 aromatic rings. The molecule has 2 aromatic heterocycles. The smallest absolute Gasteiger partial charge is 0.278 e. The molecule has 1 atom stereocenters. The summed E-state index contributed by atoms with van der Waals surface area (Å²) < 4.78 is 5.16. The predicted molar refractivity (Wildman–Crippen MR) is 116 cm³/mol. The fourth-order valence-corrected chi connectivity index (χ4v) is 4.86. The Labute approximate surface area is 181 Å². The van der Waals surface area contributed by atoms with Crippen LogP contribution in [0.25, 0.3) is 0 Å². The van der Waals surface area contributed by atoms with Gasteiger partial charge in [0.15, 0.2) is 6.54 Å². The number of piperazine rings is 1. The minimum absolute atomic E-state index is 0.164. The quantitative estimate of drug-likeness (QED) is 0.591. The summed E-state index contributed by atoms with van der Waals surface area (Å²) in [5, 5.41) is 8.37. The van der Waals surface area contributed by atoms with Gasteiger partial charge in [0.2, 0.25) is 0 Å². The van der Waals surface area contributed by atoms with E-state index in [9.17, 15) is 4.79 Å². The van der Waals surface area contributed by atoms with Crippen molar-refractivity contribution >= 4 is 17.2 Å². The molecule has 1 saturated heterocycles. The molecule has 1 fully saturated rings. The Balaban J connectivity index is 1.31. The lowest BCUT2D eigenvalue weighted by Gasteiger charge is -2.31. The van der Waals surface area contributed by atoms with Gasteiger partial charge in [-0.15, -0.1) is 11.3 Å². The number of nitrogens with two attached hydrogens (primary N) is 1. The van der Waals surface area contributed by atoms with Gasteiger partial charge in [-0.05, 0) is 25.3 Å². The molecule has 1 aliphatic heterocycles. The summed E-state index contributed by atoms with van der Waals surface area (Å²) in [6, 6.07) is 15.0. The van der Waals surface area contributed by atoms with Crippen LogP contribution in [-0.2, 0) is 11.3 Å². The molecule has 6 nitrogen and oxygen atoms in total. The van der Waals surface area contributed by atoms with E-state index in [4.69, 9.17) is 4.52 Å². The maximum absolute atomic E-state index is 12.9. The molecule has 0 radical (unpaired) electrons. The van der Waals surface area contributed by atoms with Gasteiger partial charge in [-0.25, -0.2) is 0 Å². The van der Waals surface area contributed by atoms with Crippen molar-refractivity contribution in [1.29, 1.82) is 0 Å². The van der Waals surface area contributed by atoms with Crippen molar-refractivity contribution in [2.75, 3.05) is 32.7 Å². The normalized spacial score (nSPS) is 16.0. The lowest BCUT2D eigenvalue weighted by Crippen LogP contribution is -3.13. The number of nitrogens with one attached hydrogen (secondary N) is 1. The van der Waals surface area contributed by atoms with Crippen molar-refractivity contribution in [3.05, 3.63) is 75.3 Å². The molecule has 0 unspecified atom stereocenters. The van der Waals surface area contributed by atoms with Gasteiger partial charge >= 0.3 is 0 Å². The number of aryl methyl sites for hydroxylation is 2. The Morgan fingerprint density at radius 3 is 2.63 bits per heavy atom. The summed E-state index contributed by atoms with van der Waals surface area (Å²) in [6.45, 7) is 8.84. The highest BCUT2D eigenvalue weighted by Gasteiger charge is 2.27. The minimum Gasteiger partial charge on any atom is -0.361 e. The van der Waals surface area contributed by atoms with E-state index in [0.29, 0.717) is 6.54 Å². The van der Waals surface area contributed by atoms with Crippen LogP contribution in [0, 0.1) is 13.8 Å². The Morgan fingerprint density at radius 2 is 2.00 bits per heavy atom. The summed E-state index contributed by atoms with van der Waals surface area (Å²) in [5.74, 6) is 1.07. The zero-order valence-electron chi connectivity index (χ0n) is 17.6. The highest BCUT2D eigenvalue weighted by Crippen LogP contribution is 2.23. The van der Waals surface area contributed by atoms with E-state index in [-0.39, 0.29) is 11.9 Å². The predicted octanol–water partition coefficient (Wildman–Crippen LogP) is 0.933. The molecule has 4 rings (SSSR count). The number of amides is 1. The zero-order valence-corrected chi connectivity index (χ0v) is 18.5. The van der Waals surface area contributed by atoms with Crippen LogP contribution in [0.5, 0.6) is 0 Å². The van der Waals surface area contributed by atoms with Gasteiger partial charge in [-0.3, -0.25) is 4.79 Å². The number of hydrogen-bond donors (Lipinski definition) is 2. The monoisotopic (exact) mass is 426 g/mol. The SMILES string of the molecule is Cc1ccc([C@H]([NH2+]CC(=O)N2CC[NH+](Cc3cc(C)on3)CC2)c2cccs2)cc1. The number of nitrogens with zero attached hydrogens (tertiary/aromatic N) is 2. The van der Waals surface area contributed by atoms with Crippen molar-refractivity contribution < 1.29 is 19.5 Å². The van der Waals surface area contributed by atoms with Gasteiger partial charge < -0.3 is 19.6 Å². The number of aromatic nitrogens is 1. The zero-order chi connectivity index (χ0) is 20.9. The van der Waals surface area contributed by atoms with E-state index >= 15 is 0 Å². The Kier molecular flexibility index (Phi) is 6.62. The highest BCUT2D eigenvalue weighted by molar-refractivity contribution is 7.10. The fraction of sp³-hybridized carbons (Fsp3) is 0.391. The summed E-state index contributed by atoms with van der Waals surface area (Å²) in [5.41, 5.74) is 3.49. The average molecular weight is 427 g/mol. The number of rotatable bonds is 7. The lowest BCUT2D eigenvalue weighted by molar-refractivity contribution is -0.918. The first kappa shape index (κ1) is 20.8. The molecule has 1 aliphatic rings. The van der Waals surface area contributed by atoms with Gasteiger partial charge in [0.1, 0.15) is 24.0 Å². The standard InChI is InChI=1S/C23H28N4O2S/c1-17-5-7-19(8-6-17)23(21-4-3-13-30-21)24-15-22(28)27-11-9-26(10-12-27)16-20-14-18(2)29-25-20/h3-8,13-14,23-24H,9-12,15-16H2,1-2H3/p+2/t23-/m0/s1. The van der Waals surface area contributed by atoms with Gasteiger partial charge in [0, 0.05) is 11.6 Å². The molecule has 7 heteroatoms. The third-order valence-electron chi connectivity index (χ3n) is 5.75. The van der Waals surface area contributed by atoms with E-state index in [1.807, 2.05) is 17.9 Å². The Morgan fingerprint density at radius 1 is 1.23 bits per heavy atom. The molecular weight excluding hydrogens is 396 g/mol. The molecule has 0 bridgehead atoms. The second kappa shape index (κ2) is 9.55. The number of thiophene rings is 1. The summed E-state index contributed by atoms with van der Waals surface area (Å²) in [7, 11) is 0. The van der Waals surface area contributed by atoms with Crippen LogP contribution in [0.1, 0.15) is 33.5 Å². The van der Waals surface area contributed by atoms with Gasteiger partial charge in [-0.1, -0.05) is 41.1 Å². The van der Waals surface area contributed by atoms with E-state index in [0.717, 1.165) is 44.2 Å². The van der Waals surface area contributed by atoms with Crippen molar-refractivity contribution in [2.24, 2.45) is 0 Å². The van der Waals surface area contributed by atoms with Crippen LogP contribution in [0.3, 0.4) is 0 Å². The molecule has 0 aliphatic carbocycles. The third-order valence-corrected chi connectivity index (χ3v) is 6.70. The fourth-order valence-electron chi connectivity index (χ4n) is 4.01. The highest BCUT2D eigenvalue weighted by atomic mass is 32.1. The van der Waals surface area contributed by atoms with E-state index < -0.39 is 0 Å². The largest absolute Gasteiger partial charge is 0.361 e. The molecule has 3 N–H and O–H groups in total. The molecule has 1 aromatic carbocycles. The molecule has 1 amide bonds. The Bertz CT molecular complexity index is 944. The first-order valence-electron chi connectivity index (χ1n) is 10.6. The topological polar surface area (TPSA) is 67.4 Å². The maximum Gasteiger partial charge on any atom is 0.278 e. The van der Waals surface area contributed by atoms with Crippen molar-refractivity contribution in [3.63, 3.8) is 0 Å². The van der Waals surface area contributed by atoms with Crippen LogP contribution in [-0.4, -0.2) is 48.7 Å². The van der Waals surface area contributed by atoms with Crippen LogP contribution in [0.4, 0.5) is 0 Å². The molecule has 0 saturated carbocycles. The Hall–Kier alpha value is -2.48. The average Bonchev–Trinajstić information content (AvgIpc) is 3.42. The van der Waals surface area contributed by atoms with E-state index in [1.54, 1.807) is 11.3 Å². The second-order valence-corrected chi connectivity index (χ2v) is 9.06. The number of carbonyl (C=O) groups is 1. The van der Waals surface area contributed by atoms with E-state index in [2.05, 4.69) is 59.2 Å². The molecule has 158 valence electrons. The first-order chi connectivity index (χ1) is 14.6. The van der Waals surface area contributed by atoms with Gasteiger partial charge in [0.05, 0.1) is 31.1 Å². The summed E-state index contributed by atoms with van der Waals surface area (Å²) in [6.07, 6.45) is 0. The number of carbonyl (C=O) groups excluding carboxylic acids is 1. The van der Waals surface area contributed by atoms with Crippen LogP contribution < -0.4 is 10.2 Å². The van der Waals surface area contributed by atoms with E-state index in [1.165, 1.54) is 20.9 Å². The molecule has 30 heavy (non-hydrogen) atoms. The second-order valence-electron chi connectivity index (χ2n) is 8.08.